The van der Waals surface area contributed by atoms with Crippen LogP contribution in [0.5, 0.6) is 11.5 Å². The lowest BCUT2D eigenvalue weighted by molar-refractivity contribution is 0.203. The van der Waals surface area contributed by atoms with Crippen LogP contribution in [-0.4, -0.2) is 18.2 Å². The van der Waals surface area contributed by atoms with Gasteiger partial charge >= 0.3 is 6.09 Å². The molecule has 4 nitrogen and oxygen atoms in total. The lowest BCUT2D eigenvalue weighted by Crippen LogP contribution is -2.22. The minimum Gasteiger partial charge on any atom is -0.508 e. The maximum Gasteiger partial charge on any atom is 0.412 e. The van der Waals surface area contributed by atoms with E-state index in [0.717, 1.165) is 10.6 Å². The van der Waals surface area contributed by atoms with Gasteiger partial charge in [0.25, 0.3) is 0 Å². The normalized spacial score (nSPS) is 25.5. The number of carbonyl (C=O) groups is 1. The molecule has 10 heteroatoms. The quantitative estimate of drug-likeness (QED) is 0.705. The first-order valence-corrected chi connectivity index (χ1v) is 16.4. The summed E-state index contributed by atoms with van der Waals surface area (Å²) in [6.07, 6.45) is -0.499. The number of carbonyl (C=O) groups excluding carboxylic acids is 1. The van der Waals surface area contributed by atoms with Crippen molar-refractivity contribution in [2.45, 2.75) is 0 Å². The summed E-state index contributed by atoms with van der Waals surface area (Å²) in [5.74, 6) is 0.718. The molecule has 0 radical (unpaired) electrons. The van der Waals surface area contributed by atoms with Crippen LogP contribution in [-0.2, 0) is 23.6 Å². The van der Waals surface area contributed by atoms with Gasteiger partial charge in [0.1, 0.15) is 11.5 Å². The first-order chi connectivity index (χ1) is 11.3. The predicted octanol–water partition coefficient (Wildman–Crippen LogP) is 4.16. The monoisotopic (exact) mass is 433 g/mol. The maximum atomic E-state index is 11.2. The Hall–Kier alpha value is -0.490. The van der Waals surface area contributed by atoms with Crippen LogP contribution in [0.4, 0.5) is 4.79 Å². The molecular weight excluding hydrogens is 420 g/mol. The molecular formula is C14H13NO3P2S4. The van der Waals surface area contributed by atoms with Gasteiger partial charge in [-0.25, -0.2) is 4.79 Å². The second-order valence-electron chi connectivity index (χ2n) is 4.81. The van der Waals surface area contributed by atoms with Crippen molar-refractivity contribution in [2.75, 3.05) is 7.05 Å². The molecule has 0 saturated carbocycles. The SMILES string of the molecule is CNC(=O)Oc1ccc(P2(=S)SP(=S)(c3ccc(O)cc3)S2)cc1. The van der Waals surface area contributed by atoms with Gasteiger partial charge < -0.3 is 15.2 Å². The van der Waals surface area contributed by atoms with Crippen molar-refractivity contribution < 1.29 is 14.6 Å². The zero-order valence-corrected chi connectivity index (χ0v) is 17.5. The highest BCUT2D eigenvalue weighted by Crippen LogP contribution is 3.04. The largest absolute Gasteiger partial charge is 0.508 e. The van der Waals surface area contributed by atoms with Crippen LogP contribution >= 0.6 is 30.9 Å². The molecule has 1 heterocycles. The number of rotatable bonds is 3. The molecule has 0 bridgehead atoms. The fourth-order valence-corrected chi connectivity index (χ4v) is 44.2. The lowest BCUT2D eigenvalue weighted by atomic mass is 10.3. The summed E-state index contributed by atoms with van der Waals surface area (Å²) < 4.78 is 1.48. The fraction of sp³-hybridized carbons (Fsp3) is 0.0714. The zero-order chi connectivity index (χ0) is 17.4. The average molecular weight is 433 g/mol. The minimum absolute atomic E-state index is 0.238. The van der Waals surface area contributed by atoms with E-state index in [1.54, 1.807) is 46.3 Å². The Kier molecular flexibility index (Phi) is 5.36. The first kappa shape index (κ1) is 18.3. The molecule has 126 valence electrons. The molecule has 24 heavy (non-hydrogen) atoms. The fourth-order valence-electron chi connectivity index (χ4n) is 1.97. The summed E-state index contributed by atoms with van der Waals surface area (Å²) in [4.78, 5) is 11.2. The van der Waals surface area contributed by atoms with E-state index in [2.05, 4.69) is 5.32 Å². The third-order valence-corrected chi connectivity index (χ3v) is 34.4. The van der Waals surface area contributed by atoms with Gasteiger partial charge in [0.15, 0.2) is 0 Å². The smallest absolute Gasteiger partial charge is 0.412 e. The lowest BCUT2D eigenvalue weighted by Gasteiger charge is -2.40. The summed E-state index contributed by atoms with van der Waals surface area (Å²) in [6.45, 7) is 0. The standard InChI is InChI=1S/C14H13NO3P2S4/c1-15-14(17)18-11-4-8-13(9-5-11)20(22)23-19(21,24-20)12-6-2-10(16)3-7-12/h2-9,16H,1H3,(H,15,17). The van der Waals surface area contributed by atoms with Crippen molar-refractivity contribution in [1.82, 2.24) is 5.32 Å². The summed E-state index contributed by atoms with van der Waals surface area (Å²) >= 11 is 15.1. The van der Waals surface area contributed by atoms with Crippen molar-refractivity contribution in [1.29, 1.82) is 0 Å². The number of benzene rings is 2. The van der Waals surface area contributed by atoms with Crippen LogP contribution in [0.15, 0.2) is 48.5 Å². The molecule has 1 amide bonds. The maximum absolute atomic E-state index is 11.2. The number of hydrogen-bond donors (Lipinski definition) is 2. The van der Waals surface area contributed by atoms with Crippen molar-refractivity contribution in [3.05, 3.63) is 48.5 Å². The van der Waals surface area contributed by atoms with Crippen LogP contribution in [0.2, 0.25) is 0 Å². The van der Waals surface area contributed by atoms with Crippen molar-refractivity contribution in [3.8, 4) is 11.5 Å². The number of hydrogen-bond acceptors (Lipinski definition) is 7. The third kappa shape index (κ3) is 3.69. The van der Waals surface area contributed by atoms with Gasteiger partial charge in [-0.2, -0.15) is 0 Å². The summed E-state index contributed by atoms with van der Waals surface area (Å²) in [5.41, 5.74) is 0. The zero-order valence-electron chi connectivity index (χ0n) is 12.4. The van der Waals surface area contributed by atoms with Crippen LogP contribution in [0.1, 0.15) is 0 Å². The summed E-state index contributed by atoms with van der Waals surface area (Å²) in [7, 11) is 1.51. The van der Waals surface area contributed by atoms with Gasteiger partial charge in [-0.1, -0.05) is 45.6 Å². The second kappa shape index (κ2) is 7.02. The Morgan fingerprint density at radius 3 is 1.92 bits per heavy atom. The number of phenolic OH excluding ortho intramolecular Hbond substituents is 1. The van der Waals surface area contributed by atoms with E-state index in [1.165, 1.54) is 7.05 Å². The number of phenols is 1. The molecule has 2 N–H and O–H groups in total. The highest BCUT2D eigenvalue weighted by molar-refractivity contribution is 9.48. The van der Waals surface area contributed by atoms with E-state index in [1.807, 2.05) is 24.3 Å². The average Bonchev–Trinajstić information content (AvgIpc) is 2.54. The Labute approximate surface area is 157 Å². The van der Waals surface area contributed by atoms with E-state index < -0.39 is 15.0 Å². The van der Waals surface area contributed by atoms with Gasteiger partial charge in [-0.15, -0.1) is 0 Å². The molecule has 3 rings (SSSR count). The highest BCUT2D eigenvalue weighted by atomic mass is 33.7. The number of nitrogens with one attached hydrogen (secondary N) is 1. The van der Waals surface area contributed by atoms with Crippen molar-refractivity contribution >= 4 is 71.2 Å². The molecule has 0 aromatic heterocycles. The molecule has 1 aliphatic rings. The van der Waals surface area contributed by atoms with Gasteiger partial charge in [-0.3, -0.25) is 0 Å². The predicted molar refractivity (Wildman–Crippen MR) is 113 cm³/mol. The van der Waals surface area contributed by atoms with Gasteiger partial charge in [-0.05, 0) is 48.5 Å². The van der Waals surface area contributed by atoms with Crippen LogP contribution in [0.3, 0.4) is 0 Å². The Bertz CT molecular complexity index is 857. The van der Waals surface area contributed by atoms with Crippen molar-refractivity contribution in [2.24, 2.45) is 0 Å². The van der Waals surface area contributed by atoms with Crippen LogP contribution in [0.25, 0.3) is 0 Å². The number of amides is 1. The van der Waals surface area contributed by atoms with E-state index in [-0.39, 0.29) is 5.75 Å². The van der Waals surface area contributed by atoms with Crippen molar-refractivity contribution in [3.63, 3.8) is 0 Å². The number of ether oxygens (including phenoxy) is 1. The molecule has 2 aromatic carbocycles. The van der Waals surface area contributed by atoms with Gasteiger partial charge in [0.2, 0.25) is 0 Å². The molecule has 0 unspecified atom stereocenters. The highest BCUT2D eigenvalue weighted by Gasteiger charge is 2.45. The molecule has 1 fully saturated rings. The number of aromatic hydroxyl groups is 1. The van der Waals surface area contributed by atoms with Gasteiger partial charge in [0.05, 0.1) is 8.88 Å². The van der Waals surface area contributed by atoms with E-state index in [0.29, 0.717) is 5.75 Å². The topological polar surface area (TPSA) is 58.6 Å². The second-order valence-corrected chi connectivity index (χ2v) is 26.1. The Balaban J connectivity index is 1.75. The molecule has 0 aliphatic carbocycles. The van der Waals surface area contributed by atoms with Crippen LogP contribution in [0, 0.1) is 0 Å². The molecule has 0 spiro atoms. The minimum atomic E-state index is -1.81. The van der Waals surface area contributed by atoms with Gasteiger partial charge in [0, 0.05) is 17.7 Å². The third-order valence-electron chi connectivity index (χ3n) is 3.16. The summed E-state index contributed by atoms with van der Waals surface area (Å²) in [5, 5.41) is 14.0. The molecule has 2 aromatic rings. The van der Waals surface area contributed by atoms with E-state index in [9.17, 15) is 9.90 Å². The van der Waals surface area contributed by atoms with E-state index >= 15 is 0 Å². The molecule has 1 aliphatic heterocycles. The molecule has 0 atom stereocenters. The van der Waals surface area contributed by atoms with Crippen LogP contribution < -0.4 is 20.7 Å². The Morgan fingerprint density at radius 2 is 1.46 bits per heavy atom. The summed E-state index contributed by atoms with van der Waals surface area (Å²) in [6, 6.07) is 14.4. The first-order valence-electron chi connectivity index (χ1n) is 6.77. The Morgan fingerprint density at radius 1 is 1.00 bits per heavy atom. The molecule has 1 saturated heterocycles. The van der Waals surface area contributed by atoms with E-state index in [4.69, 9.17) is 28.4 Å².